The van der Waals surface area contributed by atoms with Gasteiger partial charge in [-0.1, -0.05) is 319 Å². The van der Waals surface area contributed by atoms with Crippen LogP contribution in [0.1, 0.15) is 316 Å². The van der Waals surface area contributed by atoms with Crippen LogP contribution in [0.15, 0.2) is 170 Å². The van der Waals surface area contributed by atoms with E-state index in [1.54, 1.807) is 0 Å². The first-order valence-corrected chi connectivity index (χ1v) is 44.4. The van der Waals surface area contributed by atoms with Crippen molar-refractivity contribution in [1.82, 2.24) is 0 Å². The van der Waals surface area contributed by atoms with Crippen LogP contribution >= 0.6 is 15.6 Å². The molecule has 18 heteroatoms. The van der Waals surface area contributed by atoms with E-state index in [1.165, 1.54) is 77.0 Å². The van der Waals surface area contributed by atoms with Crippen LogP contribution in [0.25, 0.3) is 0 Å². The molecule has 0 aromatic heterocycles. The van der Waals surface area contributed by atoms with Crippen LogP contribution in [0.4, 0.5) is 0 Å². The van der Waals surface area contributed by atoms with Gasteiger partial charge in [-0.2, -0.15) is 0 Å². The number of ether oxygens (including phenoxy) is 3. The molecule has 0 spiro atoms. The second-order valence-electron chi connectivity index (χ2n) is 27.1. The zero-order valence-corrected chi connectivity index (χ0v) is 68.5. The monoisotopic (exact) mass is 1540 g/mol. The van der Waals surface area contributed by atoms with Crippen LogP contribution in [0.3, 0.4) is 0 Å². The Morgan fingerprint density at radius 2 is 0.467 bits per heavy atom. The second kappa shape index (κ2) is 80.4. The minimum Gasteiger partial charge on any atom is -0.463 e. The fraction of sp³-hybridized carbons (Fsp3) is 0.652. The topological polar surface area (TPSA) is 231 Å². The van der Waals surface area contributed by atoms with E-state index in [0.29, 0.717) is 19.3 Å². The van der Waals surface area contributed by atoms with Crippen molar-refractivity contribution in [2.24, 2.45) is 0 Å². The molecule has 0 rings (SSSR count). The van der Waals surface area contributed by atoms with Crippen LogP contribution in [-0.4, -0.2) is 95.9 Å². The van der Waals surface area contributed by atoms with Crippen molar-refractivity contribution < 1.29 is 75.8 Å². The largest absolute Gasteiger partial charge is 0.472 e. The Morgan fingerprint density at radius 1 is 0.262 bits per heavy atom. The Morgan fingerprint density at radius 3 is 0.738 bits per heavy atom. The Balaban J connectivity index is 4.58. The number of hydrogen-bond acceptors (Lipinski definition) is 14. The van der Waals surface area contributed by atoms with Gasteiger partial charge in [0.25, 0.3) is 0 Å². The van der Waals surface area contributed by atoms with Crippen molar-refractivity contribution in [2.75, 3.05) is 39.6 Å². The van der Waals surface area contributed by atoms with Crippen LogP contribution in [0.2, 0.25) is 0 Å². The summed E-state index contributed by atoms with van der Waals surface area (Å²) in [6, 6.07) is 0. The van der Waals surface area contributed by atoms with Crippen molar-refractivity contribution in [3.8, 4) is 0 Å². The highest BCUT2D eigenvalue weighted by Crippen LogP contribution is 2.45. The summed E-state index contributed by atoms with van der Waals surface area (Å²) in [5, 5.41) is 20.7. The van der Waals surface area contributed by atoms with E-state index in [1.807, 2.05) is 0 Å². The number of aliphatic hydroxyl groups is 2. The highest BCUT2D eigenvalue weighted by atomic mass is 31.2. The minimum absolute atomic E-state index is 0.0782. The third-order valence-electron chi connectivity index (χ3n) is 16.9. The Bertz CT molecular complexity index is 2620. The quantitative estimate of drug-likeness (QED) is 0.0146. The molecule has 0 aliphatic heterocycles. The van der Waals surface area contributed by atoms with Crippen LogP contribution < -0.4 is 0 Å². The summed E-state index contributed by atoms with van der Waals surface area (Å²) in [5.74, 6) is -1.62. The van der Waals surface area contributed by atoms with E-state index < -0.39 is 91.5 Å². The van der Waals surface area contributed by atoms with Crippen molar-refractivity contribution in [2.45, 2.75) is 334 Å². The molecular formula is C89H148O16P2. The fourth-order valence-electron chi connectivity index (χ4n) is 10.7. The van der Waals surface area contributed by atoms with Gasteiger partial charge >= 0.3 is 33.6 Å². The summed E-state index contributed by atoms with van der Waals surface area (Å²) in [5.41, 5.74) is 0. The van der Waals surface area contributed by atoms with E-state index >= 15 is 0 Å². The van der Waals surface area contributed by atoms with Gasteiger partial charge in [0, 0.05) is 19.3 Å². The lowest BCUT2D eigenvalue weighted by atomic mass is 10.0. The Hall–Kier alpha value is -5.09. The molecule has 107 heavy (non-hydrogen) atoms. The molecule has 0 aromatic rings. The summed E-state index contributed by atoms with van der Waals surface area (Å²) in [7, 11) is -9.82. The molecule has 0 radical (unpaired) electrons. The molecule has 5 unspecified atom stereocenters. The lowest BCUT2D eigenvalue weighted by Gasteiger charge is -2.21. The maximum absolute atomic E-state index is 13.0. The number of allylic oxidation sites excluding steroid dienone is 28. The summed E-state index contributed by atoms with van der Waals surface area (Å²) >= 11 is 0. The third kappa shape index (κ3) is 81.7. The number of aliphatic hydroxyl groups excluding tert-OH is 2. The van der Waals surface area contributed by atoms with E-state index in [9.17, 15) is 43.5 Å². The highest BCUT2D eigenvalue weighted by molar-refractivity contribution is 7.47. The van der Waals surface area contributed by atoms with E-state index in [2.05, 4.69) is 191 Å². The Kier molecular flexibility index (Phi) is 76.6. The highest BCUT2D eigenvalue weighted by Gasteiger charge is 2.29. The van der Waals surface area contributed by atoms with Crippen molar-refractivity contribution in [3.05, 3.63) is 170 Å². The average molecular weight is 1540 g/mol. The number of phosphoric ester groups is 2. The SMILES string of the molecule is CC/C=C\C/C=C\C/C=C\C/C=C\C/C=C\CCCCCCCCCCCCCCCCCC(=O)OCC(O)COP(=O)(O)OCC(O)COP(=O)(O)OCC(COC(=O)CCCCCCC/C=C\C/C=C\C/C=C\C/C=C\C/C=C\CC)OC(=O)CCCCCCCC/C=C\C/C=C\C/C=C\C/C=C\CC. The molecule has 610 valence electrons. The first-order chi connectivity index (χ1) is 52.2. The van der Waals surface area contributed by atoms with Gasteiger partial charge in [0.1, 0.15) is 25.4 Å². The van der Waals surface area contributed by atoms with Gasteiger partial charge in [0.2, 0.25) is 0 Å². The molecule has 4 N–H and O–H groups in total. The smallest absolute Gasteiger partial charge is 0.463 e. The predicted molar refractivity (Wildman–Crippen MR) is 445 cm³/mol. The minimum atomic E-state index is -4.95. The zero-order valence-electron chi connectivity index (χ0n) is 66.7. The number of carbonyl (C=O) groups is 3. The van der Waals surface area contributed by atoms with Crippen molar-refractivity contribution in [3.63, 3.8) is 0 Å². The fourth-order valence-corrected chi connectivity index (χ4v) is 12.3. The lowest BCUT2D eigenvalue weighted by Crippen LogP contribution is -2.30. The molecule has 16 nitrogen and oxygen atoms in total. The zero-order chi connectivity index (χ0) is 78.0. The predicted octanol–water partition coefficient (Wildman–Crippen LogP) is 24.8. The molecule has 0 saturated heterocycles. The van der Waals surface area contributed by atoms with Crippen molar-refractivity contribution >= 4 is 33.6 Å². The third-order valence-corrected chi connectivity index (χ3v) is 18.8. The summed E-state index contributed by atoms with van der Waals surface area (Å²) < 4.78 is 61.2. The molecular weight excluding hydrogens is 1390 g/mol. The first-order valence-electron chi connectivity index (χ1n) is 41.4. The standard InChI is InChI=1S/C89H148O16P2/c1-4-7-10-13-16-19-22-25-28-31-34-36-37-38-39-40-41-42-43-44-45-47-50-51-54-57-60-63-66-69-72-75-87(92)99-78-84(90)79-101-106(95,96)102-80-85(91)81-103-107(97,98)104-83-86(105-89(94)77-74-71-68-65-62-59-56-53-48-33-30-27-24-21-18-15-12-9-6-3)82-100-88(93)76-73-70-67-64-61-58-55-52-49-46-35-32-29-26-23-20-17-14-11-8-5-2/h7-12,16-21,25-30,34-36,38-39,46,48,52-53,55,84-86,90-91H,4-6,13-15,22-24,31-33,37,40-45,47,49-51,54,56-83H2,1-3H3,(H,95,96)(H,97,98)/b10-7-,11-8-,12-9-,19-16-,20-17-,21-18-,28-25-,29-26-,30-27-,36-34-,39-38-,46-35-,53-48-,55-52-. The summed E-state index contributed by atoms with van der Waals surface area (Å²) in [6.07, 6.45) is 103. The van der Waals surface area contributed by atoms with Crippen LogP contribution in [0, 0.1) is 0 Å². The lowest BCUT2D eigenvalue weighted by molar-refractivity contribution is -0.161. The molecule has 0 aromatic carbocycles. The van der Waals surface area contributed by atoms with E-state index in [-0.39, 0.29) is 19.3 Å². The first kappa shape index (κ1) is 102. The molecule has 0 fully saturated rings. The maximum Gasteiger partial charge on any atom is 0.472 e. The molecule has 0 heterocycles. The molecule has 0 amide bonds. The van der Waals surface area contributed by atoms with Crippen LogP contribution in [0.5, 0.6) is 0 Å². The number of unbranched alkanes of at least 4 members (excludes halogenated alkanes) is 26. The average Bonchev–Trinajstić information content (AvgIpc) is 0.906. The van der Waals surface area contributed by atoms with Gasteiger partial charge in [0.15, 0.2) is 6.10 Å². The van der Waals surface area contributed by atoms with Crippen molar-refractivity contribution in [1.29, 1.82) is 0 Å². The van der Waals surface area contributed by atoms with Gasteiger partial charge in [-0.05, 0) is 148 Å². The van der Waals surface area contributed by atoms with E-state index in [4.69, 9.17) is 32.3 Å². The molecule has 0 bridgehead atoms. The van der Waals surface area contributed by atoms with Gasteiger partial charge in [-0.25, -0.2) is 9.13 Å². The number of rotatable bonds is 77. The summed E-state index contributed by atoms with van der Waals surface area (Å²) in [4.78, 5) is 58.8. The number of hydrogen-bond donors (Lipinski definition) is 4. The normalized spacial score (nSPS) is 14.8. The summed E-state index contributed by atoms with van der Waals surface area (Å²) in [6.45, 7) is 2.31. The van der Waals surface area contributed by atoms with E-state index in [0.717, 1.165) is 180 Å². The maximum atomic E-state index is 13.0. The molecule has 0 aliphatic rings. The van der Waals surface area contributed by atoms with Crippen LogP contribution in [-0.2, 0) is 55.8 Å². The number of carbonyl (C=O) groups excluding carboxylic acids is 3. The van der Waals surface area contributed by atoms with Gasteiger partial charge in [-0.3, -0.25) is 32.5 Å². The number of esters is 3. The van der Waals surface area contributed by atoms with Gasteiger partial charge < -0.3 is 34.2 Å². The molecule has 0 aliphatic carbocycles. The van der Waals surface area contributed by atoms with Gasteiger partial charge in [0.05, 0.1) is 26.4 Å². The molecule has 0 saturated carbocycles. The second-order valence-corrected chi connectivity index (χ2v) is 30.0. The molecule has 5 atom stereocenters. The Labute approximate surface area is 650 Å². The van der Waals surface area contributed by atoms with Gasteiger partial charge in [-0.15, -0.1) is 0 Å². The number of phosphoric acid groups is 2.